The van der Waals surface area contributed by atoms with E-state index in [4.69, 9.17) is 4.98 Å². The van der Waals surface area contributed by atoms with Crippen molar-refractivity contribution in [3.63, 3.8) is 0 Å². The average Bonchev–Trinajstić information content (AvgIpc) is 3.14. The Morgan fingerprint density at radius 3 is 2.35 bits per heavy atom. The van der Waals surface area contributed by atoms with E-state index in [-0.39, 0.29) is 12.4 Å². The number of halogens is 1. The summed E-state index contributed by atoms with van der Waals surface area (Å²) >= 11 is 1.85. The average molecular weight is 345 g/mol. The van der Waals surface area contributed by atoms with E-state index in [0.29, 0.717) is 0 Å². The van der Waals surface area contributed by atoms with Gasteiger partial charge in [-0.1, -0.05) is 36.4 Å². The number of benzene rings is 2. The molecule has 1 aromatic heterocycles. The lowest BCUT2D eigenvalue weighted by atomic mass is 10.1. The number of hydrogen-bond donors (Lipinski definition) is 0. The summed E-state index contributed by atoms with van der Waals surface area (Å²) < 4.78 is 1.31. The van der Waals surface area contributed by atoms with Crippen LogP contribution in [0.1, 0.15) is 29.0 Å². The predicted molar refractivity (Wildman–Crippen MR) is 100 cm³/mol. The van der Waals surface area contributed by atoms with E-state index in [1.807, 2.05) is 11.3 Å². The maximum Gasteiger partial charge on any atom is 0.0938 e. The van der Waals surface area contributed by atoms with Crippen molar-refractivity contribution in [2.45, 2.75) is 32.4 Å². The first-order valence-electron chi connectivity index (χ1n) is 8.02. The van der Waals surface area contributed by atoms with Gasteiger partial charge in [-0.2, -0.15) is 0 Å². The van der Waals surface area contributed by atoms with Gasteiger partial charge in [-0.25, -0.2) is 4.98 Å². The Hall–Kier alpha value is -1.42. The number of para-hydroxylation sites is 1. The summed E-state index contributed by atoms with van der Waals surface area (Å²) in [4.78, 5) is 7.28. The van der Waals surface area contributed by atoms with Crippen molar-refractivity contribution in [1.82, 2.24) is 9.88 Å². The molecule has 2 aromatic carbocycles. The second-order valence-electron chi connectivity index (χ2n) is 6.01. The SMILES string of the molecule is Cl.c1ccc2c(c1)CN(CCCCc1nc3ccccc3s1)C2. The number of unbranched alkanes of at least 4 members (excludes halogenated alkanes) is 1. The summed E-state index contributed by atoms with van der Waals surface area (Å²) in [5.41, 5.74) is 4.17. The normalized spacial score (nSPS) is 13.9. The van der Waals surface area contributed by atoms with E-state index in [2.05, 4.69) is 53.4 Å². The van der Waals surface area contributed by atoms with Crippen molar-refractivity contribution >= 4 is 34.0 Å². The molecule has 0 saturated carbocycles. The van der Waals surface area contributed by atoms with Crippen molar-refractivity contribution in [2.75, 3.05) is 6.54 Å². The molecule has 0 N–H and O–H groups in total. The van der Waals surface area contributed by atoms with Crippen molar-refractivity contribution in [3.05, 3.63) is 64.7 Å². The number of hydrogen-bond acceptors (Lipinski definition) is 3. The van der Waals surface area contributed by atoms with E-state index in [1.54, 1.807) is 0 Å². The molecule has 4 heteroatoms. The molecular formula is C19H21ClN2S. The zero-order valence-corrected chi connectivity index (χ0v) is 14.7. The van der Waals surface area contributed by atoms with Gasteiger partial charge in [0.05, 0.1) is 15.2 Å². The number of fused-ring (bicyclic) bond motifs is 2. The number of rotatable bonds is 5. The van der Waals surface area contributed by atoms with E-state index < -0.39 is 0 Å². The summed E-state index contributed by atoms with van der Waals surface area (Å²) in [5, 5.41) is 1.28. The van der Waals surface area contributed by atoms with Crippen LogP contribution >= 0.6 is 23.7 Å². The van der Waals surface area contributed by atoms with Gasteiger partial charge in [-0.3, -0.25) is 4.90 Å². The smallest absolute Gasteiger partial charge is 0.0938 e. The van der Waals surface area contributed by atoms with Crippen LogP contribution in [0.2, 0.25) is 0 Å². The lowest BCUT2D eigenvalue weighted by Crippen LogP contribution is -2.17. The van der Waals surface area contributed by atoms with Crippen molar-refractivity contribution < 1.29 is 0 Å². The maximum absolute atomic E-state index is 4.72. The fourth-order valence-electron chi connectivity index (χ4n) is 3.20. The van der Waals surface area contributed by atoms with Gasteiger partial charge in [0.1, 0.15) is 0 Å². The molecule has 2 heterocycles. The van der Waals surface area contributed by atoms with Crippen LogP contribution in [-0.2, 0) is 19.5 Å². The summed E-state index contributed by atoms with van der Waals surface area (Å²) in [6, 6.07) is 17.2. The highest BCUT2D eigenvalue weighted by molar-refractivity contribution is 7.18. The van der Waals surface area contributed by atoms with Crippen LogP contribution in [0.25, 0.3) is 10.2 Å². The van der Waals surface area contributed by atoms with Crippen LogP contribution in [-0.4, -0.2) is 16.4 Å². The van der Waals surface area contributed by atoms with Crippen LogP contribution in [0.15, 0.2) is 48.5 Å². The largest absolute Gasteiger partial charge is 0.295 e. The fourth-order valence-corrected chi connectivity index (χ4v) is 4.21. The summed E-state index contributed by atoms with van der Waals surface area (Å²) in [6.07, 6.45) is 3.59. The highest BCUT2D eigenvalue weighted by atomic mass is 35.5. The lowest BCUT2D eigenvalue weighted by molar-refractivity contribution is 0.278. The quantitative estimate of drug-likeness (QED) is 0.601. The van der Waals surface area contributed by atoms with E-state index in [9.17, 15) is 0 Å². The Labute approximate surface area is 147 Å². The molecule has 0 amide bonds. The molecule has 1 aliphatic heterocycles. The molecule has 120 valence electrons. The fraction of sp³-hybridized carbons (Fsp3) is 0.316. The van der Waals surface area contributed by atoms with E-state index in [1.165, 1.54) is 40.2 Å². The summed E-state index contributed by atoms with van der Waals surface area (Å²) in [6.45, 7) is 3.44. The standard InChI is InChI=1S/C19H20N2S.ClH/c1-2-8-16-14-21(13-15(16)7-1)12-6-5-11-19-20-17-9-3-4-10-18(17)22-19;/h1-4,7-10H,5-6,11-14H2;1H. The van der Waals surface area contributed by atoms with Crippen molar-refractivity contribution in [1.29, 1.82) is 0 Å². The molecule has 4 rings (SSSR count). The minimum atomic E-state index is 0. The van der Waals surface area contributed by atoms with Gasteiger partial charge in [0, 0.05) is 13.1 Å². The number of nitrogens with zero attached hydrogens (tertiary/aromatic N) is 2. The Bertz CT molecular complexity index is 726. The topological polar surface area (TPSA) is 16.1 Å². The summed E-state index contributed by atoms with van der Waals surface area (Å²) in [7, 11) is 0. The van der Waals surface area contributed by atoms with Crippen molar-refractivity contribution in [2.24, 2.45) is 0 Å². The molecule has 0 spiro atoms. The first-order chi connectivity index (χ1) is 10.9. The Morgan fingerprint density at radius 1 is 0.913 bits per heavy atom. The molecule has 3 aromatic rings. The molecule has 0 radical (unpaired) electrons. The monoisotopic (exact) mass is 344 g/mol. The summed E-state index contributed by atoms with van der Waals surface area (Å²) in [5.74, 6) is 0. The third-order valence-corrected chi connectivity index (χ3v) is 5.46. The number of aromatic nitrogens is 1. The third-order valence-electron chi connectivity index (χ3n) is 4.36. The Balaban J connectivity index is 0.00000156. The molecule has 0 unspecified atom stereocenters. The number of thiazole rings is 1. The molecule has 0 bridgehead atoms. The van der Waals surface area contributed by atoms with Crippen LogP contribution < -0.4 is 0 Å². The maximum atomic E-state index is 4.72. The highest BCUT2D eigenvalue weighted by Crippen LogP contribution is 2.24. The molecule has 0 atom stereocenters. The van der Waals surface area contributed by atoms with Gasteiger partial charge in [-0.15, -0.1) is 23.7 Å². The molecule has 0 saturated heterocycles. The van der Waals surface area contributed by atoms with Gasteiger partial charge >= 0.3 is 0 Å². The zero-order valence-electron chi connectivity index (χ0n) is 13.1. The highest BCUT2D eigenvalue weighted by Gasteiger charge is 2.17. The Morgan fingerprint density at radius 2 is 1.61 bits per heavy atom. The third kappa shape index (κ3) is 3.74. The minimum Gasteiger partial charge on any atom is -0.295 e. The molecule has 0 fully saturated rings. The molecular weight excluding hydrogens is 324 g/mol. The molecule has 0 aliphatic carbocycles. The number of aryl methyl sites for hydroxylation is 1. The van der Waals surface area contributed by atoms with Crippen LogP contribution in [0.5, 0.6) is 0 Å². The van der Waals surface area contributed by atoms with Crippen LogP contribution in [0.4, 0.5) is 0 Å². The molecule has 23 heavy (non-hydrogen) atoms. The van der Waals surface area contributed by atoms with Gasteiger partial charge in [-0.05, 0) is 49.1 Å². The predicted octanol–water partition coefficient (Wildman–Crippen LogP) is 5.06. The van der Waals surface area contributed by atoms with E-state index >= 15 is 0 Å². The van der Waals surface area contributed by atoms with Gasteiger partial charge in [0.15, 0.2) is 0 Å². The molecule has 1 aliphatic rings. The van der Waals surface area contributed by atoms with Crippen LogP contribution in [0, 0.1) is 0 Å². The van der Waals surface area contributed by atoms with Gasteiger partial charge in [0.2, 0.25) is 0 Å². The molecule has 2 nitrogen and oxygen atoms in total. The van der Waals surface area contributed by atoms with Gasteiger partial charge in [0.25, 0.3) is 0 Å². The second-order valence-corrected chi connectivity index (χ2v) is 7.13. The Kier molecular flexibility index (Phi) is 5.31. The second kappa shape index (κ2) is 7.43. The first-order valence-corrected chi connectivity index (χ1v) is 8.84. The first kappa shape index (κ1) is 16.4. The van der Waals surface area contributed by atoms with Crippen LogP contribution in [0.3, 0.4) is 0 Å². The van der Waals surface area contributed by atoms with Crippen molar-refractivity contribution in [3.8, 4) is 0 Å². The lowest BCUT2D eigenvalue weighted by Gasteiger charge is -2.13. The minimum absolute atomic E-state index is 0. The van der Waals surface area contributed by atoms with Gasteiger partial charge < -0.3 is 0 Å². The van der Waals surface area contributed by atoms with E-state index in [0.717, 1.165) is 25.0 Å². The zero-order chi connectivity index (χ0) is 14.8.